The fourth-order valence-electron chi connectivity index (χ4n) is 3.66. The summed E-state index contributed by atoms with van der Waals surface area (Å²) in [7, 11) is 0. The van der Waals surface area contributed by atoms with E-state index in [1.165, 1.54) is 6.92 Å². The molecule has 1 aromatic rings. The maximum atomic E-state index is 11.8. The fraction of sp³-hybridized carbons (Fsp3) is 0.720. The van der Waals surface area contributed by atoms with Crippen LogP contribution in [0.5, 0.6) is 5.75 Å². The van der Waals surface area contributed by atoms with E-state index >= 15 is 0 Å². The average Bonchev–Trinajstić information content (AvgIpc) is 2.50. The van der Waals surface area contributed by atoms with Crippen molar-refractivity contribution >= 4 is 18.6 Å². The fourth-order valence-corrected chi connectivity index (χ4v) is 4.12. The second kappa shape index (κ2) is 9.76. The van der Waals surface area contributed by atoms with Crippen LogP contribution in [0.25, 0.3) is 0 Å². The van der Waals surface area contributed by atoms with Crippen molar-refractivity contribution in [2.75, 3.05) is 0 Å². The van der Waals surface area contributed by atoms with Gasteiger partial charge in [-0.05, 0) is 46.3 Å². The summed E-state index contributed by atoms with van der Waals surface area (Å²) in [6.07, 6.45) is 4.44. The van der Waals surface area contributed by atoms with Gasteiger partial charge < -0.3 is 9.84 Å². The lowest BCUT2D eigenvalue weighted by atomic mass is 9.78. The van der Waals surface area contributed by atoms with Crippen LogP contribution >= 0.6 is 12.6 Å². The maximum absolute atomic E-state index is 11.8. The van der Waals surface area contributed by atoms with E-state index in [0.29, 0.717) is 24.5 Å². The van der Waals surface area contributed by atoms with Gasteiger partial charge in [-0.25, -0.2) is 0 Å². The van der Waals surface area contributed by atoms with Crippen molar-refractivity contribution in [2.45, 2.75) is 110 Å². The molecule has 4 heteroatoms. The van der Waals surface area contributed by atoms with Gasteiger partial charge in [-0.15, -0.1) is 12.6 Å². The van der Waals surface area contributed by atoms with Crippen LogP contribution in [0.1, 0.15) is 105 Å². The summed E-state index contributed by atoms with van der Waals surface area (Å²) in [5, 5.41) is 10.9. The number of hydrogen-bond acceptors (Lipinski definition) is 4. The number of phenols is 1. The van der Waals surface area contributed by atoms with Gasteiger partial charge in [0.1, 0.15) is 5.75 Å². The Bertz CT molecular complexity index is 660. The molecule has 0 aliphatic rings. The molecular weight excluding hydrogens is 380 g/mol. The Labute approximate surface area is 184 Å². The van der Waals surface area contributed by atoms with Gasteiger partial charge in [0, 0.05) is 13.3 Å². The molecule has 0 saturated carbocycles. The van der Waals surface area contributed by atoms with Crippen LogP contribution in [0.2, 0.25) is 0 Å². The third-order valence-corrected chi connectivity index (χ3v) is 5.67. The maximum Gasteiger partial charge on any atom is 0.304 e. The molecule has 0 aliphatic carbocycles. The Morgan fingerprint density at radius 1 is 1.03 bits per heavy atom. The van der Waals surface area contributed by atoms with Crippen molar-refractivity contribution in [1.82, 2.24) is 0 Å². The van der Waals surface area contributed by atoms with E-state index in [-0.39, 0.29) is 16.8 Å². The minimum absolute atomic E-state index is 0.196. The highest BCUT2D eigenvalue weighted by Crippen LogP contribution is 2.41. The minimum Gasteiger partial charge on any atom is -0.507 e. The van der Waals surface area contributed by atoms with Crippen LogP contribution in [0, 0.1) is 5.92 Å². The van der Waals surface area contributed by atoms with E-state index in [1.54, 1.807) is 0 Å². The van der Waals surface area contributed by atoms with E-state index in [9.17, 15) is 9.90 Å². The Morgan fingerprint density at radius 3 is 1.90 bits per heavy atom. The van der Waals surface area contributed by atoms with Crippen LogP contribution in [-0.2, 0) is 26.8 Å². The van der Waals surface area contributed by atoms with E-state index < -0.39 is 4.93 Å². The number of benzene rings is 1. The second-order valence-corrected chi connectivity index (χ2v) is 11.7. The molecular formula is C25H42O3S. The number of esters is 1. The summed E-state index contributed by atoms with van der Waals surface area (Å²) in [4.78, 5) is 10.9. The van der Waals surface area contributed by atoms with Gasteiger partial charge in [0.15, 0.2) is 4.93 Å². The number of carbonyl (C=O) groups excluding carboxylic acids is 1. The SMILES string of the molecule is CC(=O)OC(S)(CCCCC(C)C)Cc1cc(C(C)(C)C)c(O)c(C(C)(C)C)c1. The Hall–Kier alpha value is -1.16. The van der Waals surface area contributed by atoms with E-state index in [2.05, 4.69) is 55.4 Å². The molecule has 1 N–H and O–H groups in total. The first-order valence-corrected chi connectivity index (χ1v) is 11.3. The quantitative estimate of drug-likeness (QED) is 0.206. The number of thiol groups is 1. The minimum atomic E-state index is -0.843. The summed E-state index contributed by atoms with van der Waals surface area (Å²) in [6, 6.07) is 4.10. The highest BCUT2D eigenvalue weighted by molar-refractivity contribution is 7.81. The Morgan fingerprint density at radius 2 is 1.52 bits per heavy atom. The Kier molecular flexibility index (Phi) is 8.71. The van der Waals surface area contributed by atoms with Crippen molar-refractivity contribution in [2.24, 2.45) is 5.92 Å². The average molecular weight is 423 g/mol. The molecule has 0 bridgehead atoms. The number of hydrogen-bond donors (Lipinski definition) is 2. The van der Waals surface area contributed by atoms with Gasteiger partial charge >= 0.3 is 5.97 Å². The lowest BCUT2D eigenvalue weighted by Gasteiger charge is -2.32. The second-order valence-electron chi connectivity index (χ2n) is 10.9. The normalized spacial score (nSPS) is 14.7. The van der Waals surface area contributed by atoms with Gasteiger partial charge in [0.05, 0.1) is 0 Å². The molecule has 166 valence electrons. The molecule has 0 radical (unpaired) electrons. The number of phenolic OH excluding ortho intramolecular Hbond substituents is 1. The van der Waals surface area contributed by atoms with Gasteiger partial charge in [0.2, 0.25) is 0 Å². The highest BCUT2D eigenvalue weighted by atomic mass is 32.1. The van der Waals surface area contributed by atoms with Gasteiger partial charge in [-0.3, -0.25) is 4.79 Å². The molecule has 29 heavy (non-hydrogen) atoms. The number of unbranched alkanes of at least 4 members (excludes halogenated alkanes) is 1. The molecule has 0 fully saturated rings. The zero-order chi connectivity index (χ0) is 22.6. The summed E-state index contributed by atoms with van der Waals surface area (Å²) < 4.78 is 5.69. The smallest absolute Gasteiger partial charge is 0.304 e. The van der Waals surface area contributed by atoms with Crippen LogP contribution in [-0.4, -0.2) is 16.0 Å². The predicted octanol–water partition coefficient (Wildman–Crippen LogP) is 6.94. The van der Waals surface area contributed by atoms with Gasteiger partial charge in [0.25, 0.3) is 0 Å². The molecule has 0 amide bonds. The zero-order valence-corrected chi connectivity index (χ0v) is 20.9. The lowest BCUT2D eigenvalue weighted by Crippen LogP contribution is -2.31. The van der Waals surface area contributed by atoms with E-state index in [4.69, 9.17) is 17.4 Å². The first kappa shape index (κ1) is 25.9. The van der Waals surface area contributed by atoms with Crippen LogP contribution in [0.4, 0.5) is 0 Å². The number of rotatable bonds is 8. The molecule has 1 aromatic carbocycles. The molecule has 1 unspecified atom stereocenters. The van der Waals surface area contributed by atoms with Gasteiger partial charge in [-0.2, -0.15) is 0 Å². The van der Waals surface area contributed by atoms with Crippen molar-refractivity contribution < 1.29 is 14.6 Å². The monoisotopic (exact) mass is 422 g/mol. The lowest BCUT2D eigenvalue weighted by molar-refractivity contribution is -0.149. The summed E-state index contributed by atoms with van der Waals surface area (Å²) >= 11 is 4.83. The standard InChI is InChI=1S/C25H42O3S/c1-17(2)12-10-11-13-25(29,28-18(3)26)16-19-14-20(23(4,5)6)22(27)21(15-19)24(7,8)9/h14-15,17,27,29H,10-13,16H2,1-9H3. The molecule has 0 aromatic heterocycles. The molecule has 0 heterocycles. The highest BCUT2D eigenvalue weighted by Gasteiger charge is 2.32. The van der Waals surface area contributed by atoms with Crippen molar-refractivity contribution in [1.29, 1.82) is 0 Å². The zero-order valence-electron chi connectivity index (χ0n) is 20.0. The van der Waals surface area contributed by atoms with Crippen molar-refractivity contribution in [3.05, 3.63) is 28.8 Å². The van der Waals surface area contributed by atoms with E-state index in [0.717, 1.165) is 36.0 Å². The molecule has 0 aliphatic heterocycles. The van der Waals surface area contributed by atoms with E-state index in [1.807, 2.05) is 12.1 Å². The number of ether oxygens (including phenoxy) is 1. The van der Waals surface area contributed by atoms with Gasteiger partial charge in [-0.1, -0.05) is 80.4 Å². The van der Waals surface area contributed by atoms with Crippen LogP contribution in [0.3, 0.4) is 0 Å². The van der Waals surface area contributed by atoms with Crippen LogP contribution in [0.15, 0.2) is 12.1 Å². The Balaban J connectivity index is 3.28. The summed E-state index contributed by atoms with van der Waals surface area (Å²) in [6.45, 7) is 18.5. The first-order valence-electron chi connectivity index (χ1n) is 10.8. The molecule has 0 saturated heterocycles. The molecule has 0 spiro atoms. The topological polar surface area (TPSA) is 46.5 Å². The van der Waals surface area contributed by atoms with Crippen molar-refractivity contribution in [3.8, 4) is 5.75 Å². The van der Waals surface area contributed by atoms with Crippen molar-refractivity contribution in [3.63, 3.8) is 0 Å². The first-order chi connectivity index (χ1) is 13.0. The molecule has 3 nitrogen and oxygen atoms in total. The largest absolute Gasteiger partial charge is 0.507 e. The number of aromatic hydroxyl groups is 1. The third kappa shape index (κ3) is 8.24. The summed E-state index contributed by atoms with van der Waals surface area (Å²) in [5.74, 6) is 0.719. The third-order valence-electron chi connectivity index (χ3n) is 5.20. The molecule has 1 rings (SSSR count). The predicted molar refractivity (Wildman–Crippen MR) is 126 cm³/mol. The number of carbonyl (C=O) groups is 1. The summed E-state index contributed by atoms with van der Waals surface area (Å²) in [5.41, 5.74) is 2.48. The van der Waals surface area contributed by atoms with Crippen LogP contribution < -0.4 is 0 Å². The molecule has 1 atom stereocenters.